The fourth-order valence-corrected chi connectivity index (χ4v) is 2.97. The monoisotopic (exact) mass is 378 g/mol. The van der Waals surface area contributed by atoms with Gasteiger partial charge in [-0.05, 0) is 42.8 Å². The van der Waals surface area contributed by atoms with Gasteiger partial charge in [-0.15, -0.1) is 0 Å². The van der Waals surface area contributed by atoms with E-state index in [0.29, 0.717) is 32.7 Å². The van der Waals surface area contributed by atoms with Crippen LogP contribution in [0.3, 0.4) is 0 Å². The van der Waals surface area contributed by atoms with Gasteiger partial charge >= 0.3 is 0 Å². The van der Waals surface area contributed by atoms with Gasteiger partial charge in [-0.25, -0.2) is 0 Å². The highest BCUT2D eigenvalue weighted by Gasteiger charge is 2.22. The Labute approximate surface area is 155 Å². The Balaban J connectivity index is 2.04. The second-order valence-electron chi connectivity index (χ2n) is 5.59. The number of para-hydroxylation sites is 1. The second kappa shape index (κ2) is 7.48. The maximum absolute atomic E-state index is 12.6. The number of hydrogen-bond acceptors (Lipinski definition) is 4. The molecule has 0 aliphatic carbocycles. The summed E-state index contributed by atoms with van der Waals surface area (Å²) in [5, 5.41) is 0.978. The quantitative estimate of drug-likeness (QED) is 0.706. The number of halogens is 2. The summed E-state index contributed by atoms with van der Waals surface area (Å²) >= 11 is 12.4. The number of carbonyl (C=O) groups excluding carboxylic acids is 1. The van der Waals surface area contributed by atoms with Gasteiger partial charge in [0.25, 0.3) is 0 Å². The molecule has 1 aliphatic rings. The van der Waals surface area contributed by atoms with E-state index in [0.717, 1.165) is 11.1 Å². The number of aryl methyl sites for hydroxylation is 1. The molecule has 1 heterocycles. The molecule has 0 bridgehead atoms. The van der Waals surface area contributed by atoms with Crippen molar-refractivity contribution in [3.8, 4) is 11.5 Å². The summed E-state index contributed by atoms with van der Waals surface area (Å²) in [6.45, 7) is 2.14. The third-order valence-corrected chi connectivity index (χ3v) is 4.55. The molecular formula is C19H16Cl2O4. The Morgan fingerprint density at radius 1 is 1.16 bits per heavy atom. The van der Waals surface area contributed by atoms with Crippen LogP contribution in [-0.4, -0.2) is 26.3 Å². The van der Waals surface area contributed by atoms with E-state index in [1.54, 1.807) is 30.3 Å². The van der Waals surface area contributed by atoms with Gasteiger partial charge in [-0.2, -0.15) is 0 Å². The van der Waals surface area contributed by atoms with E-state index in [-0.39, 0.29) is 19.2 Å². The molecule has 0 saturated carbocycles. The van der Waals surface area contributed by atoms with E-state index in [2.05, 4.69) is 0 Å². The minimum absolute atomic E-state index is 0.0700. The van der Waals surface area contributed by atoms with Crippen LogP contribution in [0.5, 0.6) is 11.5 Å². The summed E-state index contributed by atoms with van der Waals surface area (Å²) in [5.74, 6) is 0.748. The van der Waals surface area contributed by atoms with E-state index in [1.807, 2.05) is 13.0 Å². The number of ketones is 1. The number of ether oxygens (including phenoxy) is 3. The van der Waals surface area contributed by atoms with Crippen LogP contribution < -0.4 is 9.47 Å². The third-order valence-electron chi connectivity index (χ3n) is 3.85. The molecule has 4 nitrogen and oxygen atoms in total. The van der Waals surface area contributed by atoms with Crippen molar-refractivity contribution in [1.82, 2.24) is 0 Å². The van der Waals surface area contributed by atoms with Crippen LogP contribution in [0.2, 0.25) is 10.0 Å². The maximum Gasteiger partial charge on any atom is 0.190 e. The average molecular weight is 379 g/mol. The van der Waals surface area contributed by atoms with Crippen molar-refractivity contribution in [1.29, 1.82) is 0 Å². The number of rotatable bonds is 4. The topological polar surface area (TPSA) is 44.8 Å². The third kappa shape index (κ3) is 3.66. The molecule has 0 amide bonds. The number of allylic oxidation sites excluding steroid dienone is 1. The van der Waals surface area contributed by atoms with Crippen molar-refractivity contribution < 1.29 is 19.0 Å². The highest BCUT2D eigenvalue weighted by molar-refractivity contribution is 6.33. The van der Waals surface area contributed by atoms with Gasteiger partial charge in [0.1, 0.15) is 18.1 Å². The smallest absolute Gasteiger partial charge is 0.190 e. The van der Waals surface area contributed by atoms with E-state index < -0.39 is 0 Å². The molecule has 2 aromatic rings. The van der Waals surface area contributed by atoms with E-state index >= 15 is 0 Å². The predicted octanol–water partition coefficient (Wildman–Crippen LogP) is 4.94. The summed E-state index contributed by atoms with van der Waals surface area (Å²) in [6, 6.07) is 8.69. The molecule has 0 radical (unpaired) electrons. The van der Waals surface area contributed by atoms with Gasteiger partial charge in [0.05, 0.1) is 10.6 Å². The minimum Gasteiger partial charge on any atom is -0.487 e. The van der Waals surface area contributed by atoms with Crippen LogP contribution in [0.4, 0.5) is 0 Å². The van der Waals surface area contributed by atoms with Gasteiger partial charge in [-0.3, -0.25) is 4.79 Å². The first-order chi connectivity index (χ1) is 12.0. The molecule has 0 saturated heterocycles. The zero-order valence-corrected chi connectivity index (χ0v) is 15.3. The van der Waals surface area contributed by atoms with E-state index in [1.165, 1.54) is 7.11 Å². The molecule has 1 aliphatic heterocycles. The first-order valence-corrected chi connectivity index (χ1v) is 8.35. The van der Waals surface area contributed by atoms with Crippen molar-refractivity contribution in [3.63, 3.8) is 0 Å². The molecular weight excluding hydrogens is 363 g/mol. The molecule has 3 rings (SSSR count). The van der Waals surface area contributed by atoms with Gasteiger partial charge in [0.15, 0.2) is 12.6 Å². The lowest BCUT2D eigenvalue weighted by Crippen LogP contribution is -2.05. The molecule has 0 atom stereocenters. The van der Waals surface area contributed by atoms with Crippen molar-refractivity contribution in [2.45, 2.75) is 6.92 Å². The lowest BCUT2D eigenvalue weighted by atomic mass is 10.0. The minimum atomic E-state index is -0.171. The summed E-state index contributed by atoms with van der Waals surface area (Å²) in [5.41, 5.74) is 2.72. The van der Waals surface area contributed by atoms with Crippen LogP contribution in [0.25, 0.3) is 5.57 Å². The van der Waals surface area contributed by atoms with Crippen molar-refractivity contribution in [3.05, 3.63) is 63.1 Å². The van der Waals surface area contributed by atoms with E-state index in [9.17, 15) is 4.79 Å². The summed E-state index contributed by atoms with van der Waals surface area (Å²) in [6.07, 6.45) is 1.55. The standard InChI is InChI=1S/C19H16Cl2O4/c1-11-6-14(18(8-16(11)21)25-10-23-2)12-7-17(22)13-4-3-5-15(20)19(13)24-9-12/h3-8H,9-10H2,1-2H3. The summed E-state index contributed by atoms with van der Waals surface area (Å²) < 4.78 is 16.4. The van der Waals surface area contributed by atoms with Gasteiger partial charge in [0.2, 0.25) is 0 Å². The number of benzene rings is 2. The number of hydrogen-bond donors (Lipinski definition) is 0. The normalized spacial score (nSPS) is 13.6. The molecule has 0 N–H and O–H groups in total. The molecule has 6 heteroatoms. The SMILES string of the molecule is COCOc1cc(Cl)c(C)cc1C1=CC(=O)c2cccc(Cl)c2OC1. The molecule has 0 aromatic heterocycles. The molecule has 0 fully saturated rings. The zero-order valence-electron chi connectivity index (χ0n) is 13.8. The first-order valence-electron chi connectivity index (χ1n) is 7.59. The van der Waals surface area contributed by atoms with E-state index in [4.69, 9.17) is 37.4 Å². The number of carbonyl (C=O) groups is 1. The van der Waals surface area contributed by atoms with Crippen molar-refractivity contribution in [2.24, 2.45) is 0 Å². The van der Waals surface area contributed by atoms with Crippen LogP contribution in [0.15, 0.2) is 36.4 Å². The molecule has 130 valence electrons. The maximum atomic E-state index is 12.6. The highest BCUT2D eigenvalue weighted by Crippen LogP contribution is 2.37. The Hall–Kier alpha value is -2.01. The molecule has 0 unspecified atom stereocenters. The Morgan fingerprint density at radius 3 is 2.72 bits per heavy atom. The summed E-state index contributed by atoms with van der Waals surface area (Å²) in [4.78, 5) is 12.6. The molecule has 25 heavy (non-hydrogen) atoms. The Kier molecular flexibility index (Phi) is 5.33. The molecule has 2 aromatic carbocycles. The fraction of sp³-hybridized carbons (Fsp3) is 0.211. The fourth-order valence-electron chi connectivity index (χ4n) is 2.59. The lowest BCUT2D eigenvalue weighted by Gasteiger charge is -2.15. The predicted molar refractivity (Wildman–Crippen MR) is 97.9 cm³/mol. The Morgan fingerprint density at radius 2 is 1.96 bits per heavy atom. The van der Waals surface area contributed by atoms with Crippen molar-refractivity contribution in [2.75, 3.05) is 20.5 Å². The highest BCUT2D eigenvalue weighted by atomic mass is 35.5. The van der Waals surface area contributed by atoms with Crippen LogP contribution >= 0.6 is 23.2 Å². The lowest BCUT2D eigenvalue weighted by molar-refractivity contribution is 0.0509. The first kappa shape index (κ1) is 17.8. The number of fused-ring (bicyclic) bond motifs is 1. The molecule has 0 spiro atoms. The number of methoxy groups -OCH3 is 1. The van der Waals surface area contributed by atoms with Crippen LogP contribution in [0, 0.1) is 6.92 Å². The average Bonchev–Trinajstić information content (AvgIpc) is 2.76. The largest absolute Gasteiger partial charge is 0.487 e. The Bertz CT molecular complexity index is 859. The van der Waals surface area contributed by atoms with Crippen LogP contribution in [-0.2, 0) is 4.74 Å². The van der Waals surface area contributed by atoms with Crippen LogP contribution in [0.1, 0.15) is 21.5 Å². The zero-order chi connectivity index (χ0) is 18.0. The van der Waals surface area contributed by atoms with Gasteiger partial charge < -0.3 is 14.2 Å². The second-order valence-corrected chi connectivity index (χ2v) is 6.40. The van der Waals surface area contributed by atoms with Crippen molar-refractivity contribution >= 4 is 34.6 Å². The summed E-state index contributed by atoms with van der Waals surface area (Å²) in [7, 11) is 1.53. The van der Waals surface area contributed by atoms with Gasteiger partial charge in [-0.1, -0.05) is 29.3 Å². The van der Waals surface area contributed by atoms with Gasteiger partial charge in [0, 0.05) is 23.3 Å².